The van der Waals surface area contributed by atoms with Gasteiger partial charge in [0.2, 0.25) is 0 Å². The van der Waals surface area contributed by atoms with E-state index in [1.54, 1.807) is 12.1 Å². The molecule has 1 aliphatic heterocycles. The molecular formula is C19H23N3O2. The molecule has 126 valence electrons. The minimum absolute atomic E-state index is 0.199. The summed E-state index contributed by atoms with van der Waals surface area (Å²) < 4.78 is 5.66. The zero-order valence-electron chi connectivity index (χ0n) is 13.8. The first-order valence-electron chi connectivity index (χ1n) is 8.26. The van der Waals surface area contributed by atoms with Crippen molar-refractivity contribution in [3.8, 4) is 0 Å². The highest BCUT2D eigenvalue weighted by molar-refractivity contribution is 5.91. The van der Waals surface area contributed by atoms with Gasteiger partial charge in [-0.15, -0.1) is 6.58 Å². The van der Waals surface area contributed by atoms with E-state index in [9.17, 15) is 4.79 Å². The summed E-state index contributed by atoms with van der Waals surface area (Å²) in [6.07, 6.45) is 1.65. The lowest BCUT2D eigenvalue weighted by Gasteiger charge is -2.35. The Balaban J connectivity index is 1.50. The minimum atomic E-state index is -0.199. The lowest BCUT2D eigenvalue weighted by atomic mass is 10.2. The highest BCUT2D eigenvalue weighted by Gasteiger charge is 2.19. The highest BCUT2D eigenvalue weighted by atomic mass is 16.4. The number of carbonyl (C=O) groups excluding carboxylic acids is 1. The van der Waals surface area contributed by atoms with Crippen LogP contribution in [0, 0.1) is 0 Å². The number of nitrogens with one attached hydrogen (secondary N) is 1. The van der Waals surface area contributed by atoms with E-state index in [0.29, 0.717) is 12.3 Å². The van der Waals surface area contributed by atoms with E-state index in [2.05, 4.69) is 46.0 Å². The van der Waals surface area contributed by atoms with Crippen molar-refractivity contribution in [2.24, 2.45) is 0 Å². The van der Waals surface area contributed by atoms with E-state index in [1.165, 1.54) is 5.69 Å². The van der Waals surface area contributed by atoms with Crippen LogP contribution in [0.1, 0.15) is 16.3 Å². The number of hydrogen-bond donors (Lipinski definition) is 1. The number of piperazine rings is 1. The normalized spacial score (nSPS) is 15.2. The van der Waals surface area contributed by atoms with Gasteiger partial charge in [0.1, 0.15) is 5.76 Å². The number of rotatable bonds is 6. The van der Waals surface area contributed by atoms with Crippen LogP contribution in [0.25, 0.3) is 0 Å². The van der Waals surface area contributed by atoms with Gasteiger partial charge in [-0.25, -0.2) is 0 Å². The quantitative estimate of drug-likeness (QED) is 0.829. The maximum absolute atomic E-state index is 11.8. The largest absolute Gasteiger partial charge is 0.455 e. The summed E-state index contributed by atoms with van der Waals surface area (Å²) in [5, 5.41) is 2.72. The topological polar surface area (TPSA) is 48.7 Å². The summed E-state index contributed by atoms with van der Waals surface area (Å²) in [6, 6.07) is 14.1. The van der Waals surface area contributed by atoms with Gasteiger partial charge in [-0.2, -0.15) is 0 Å². The Morgan fingerprint density at radius 1 is 1.12 bits per heavy atom. The number of amides is 1. The Bertz CT molecular complexity index is 673. The van der Waals surface area contributed by atoms with E-state index >= 15 is 0 Å². The fourth-order valence-corrected chi connectivity index (χ4v) is 2.86. The SMILES string of the molecule is C=CCNC(=O)c1ccc(CN2CCN(c3ccccc3)CC2)o1. The van der Waals surface area contributed by atoms with E-state index in [4.69, 9.17) is 4.42 Å². The van der Waals surface area contributed by atoms with Crippen LogP contribution in [0.2, 0.25) is 0 Å². The fraction of sp³-hybridized carbons (Fsp3) is 0.316. The van der Waals surface area contributed by atoms with Gasteiger partial charge in [0.05, 0.1) is 6.54 Å². The molecule has 1 aromatic carbocycles. The maximum atomic E-state index is 11.8. The molecule has 1 N–H and O–H groups in total. The molecule has 5 heteroatoms. The standard InChI is InChI=1S/C19H23N3O2/c1-2-10-20-19(23)18-9-8-17(24-18)15-21-11-13-22(14-12-21)16-6-4-3-5-7-16/h2-9H,1,10-15H2,(H,20,23). The lowest BCUT2D eigenvalue weighted by Crippen LogP contribution is -2.45. The predicted octanol–water partition coefficient (Wildman–Crippen LogP) is 2.52. The van der Waals surface area contributed by atoms with Gasteiger partial charge in [-0.05, 0) is 24.3 Å². The average molecular weight is 325 g/mol. The Labute approximate surface area is 142 Å². The van der Waals surface area contributed by atoms with Crippen LogP contribution in [0.3, 0.4) is 0 Å². The second kappa shape index (κ2) is 7.84. The smallest absolute Gasteiger partial charge is 0.287 e. The number of para-hydroxylation sites is 1. The Hall–Kier alpha value is -2.53. The van der Waals surface area contributed by atoms with Crippen LogP contribution in [0.15, 0.2) is 59.5 Å². The van der Waals surface area contributed by atoms with Crippen LogP contribution in [-0.4, -0.2) is 43.5 Å². The summed E-state index contributed by atoms with van der Waals surface area (Å²) >= 11 is 0. The summed E-state index contributed by atoms with van der Waals surface area (Å²) in [6.45, 7) is 8.71. The molecule has 0 spiro atoms. The molecule has 0 atom stereocenters. The first-order valence-corrected chi connectivity index (χ1v) is 8.26. The third kappa shape index (κ3) is 4.06. The third-order valence-corrected chi connectivity index (χ3v) is 4.17. The number of hydrogen-bond acceptors (Lipinski definition) is 4. The number of furan rings is 1. The lowest BCUT2D eigenvalue weighted by molar-refractivity contribution is 0.0926. The number of benzene rings is 1. The molecule has 2 aromatic rings. The summed E-state index contributed by atoms with van der Waals surface area (Å²) in [5.74, 6) is 0.983. The molecule has 0 radical (unpaired) electrons. The molecule has 1 saturated heterocycles. The number of carbonyl (C=O) groups is 1. The first kappa shape index (κ1) is 16.3. The van der Waals surface area contributed by atoms with E-state index in [0.717, 1.165) is 38.5 Å². The van der Waals surface area contributed by atoms with Crippen molar-refractivity contribution in [3.05, 3.63) is 66.6 Å². The Morgan fingerprint density at radius 2 is 1.88 bits per heavy atom. The molecule has 5 nitrogen and oxygen atoms in total. The predicted molar refractivity (Wildman–Crippen MR) is 95.2 cm³/mol. The Morgan fingerprint density at radius 3 is 2.58 bits per heavy atom. The van der Waals surface area contributed by atoms with Gasteiger partial charge >= 0.3 is 0 Å². The van der Waals surface area contributed by atoms with E-state index in [-0.39, 0.29) is 5.91 Å². The molecule has 24 heavy (non-hydrogen) atoms. The van der Waals surface area contributed by atoms with Gasteiger partial charge in [0.25, 0.3) is 5.91 Å². The van der Waals surface area contributed by atoms with Crippen LogP contribution in [0.5, 0.6) is 0 Å². The van der Waals surface area contributed by atoms with E-state index < -0.39 is 0 Å². The molecule has 0 saturated carbocycles. The van der Waals surface area contributed by atoms with Gasteiger partial charge in [0.15, 0.2) is 5.76 Å². The minimum Gasteiger partial charge on any atom is -0.455 e. The van der Waals surface area contributed by atoms with Crippen molar-refractivity contribution in [2.75, 3.05) is 37.6 Å². The Kier molecular flexibility index (Phi) is 5.33. The van der Waals surface area contributed by atoms with Crippen LogP contribution >= 0.6 is 0 Å². The zero-order valence-corrected chi connectivity index (χ0v) is 13.8. The molecule has 2 heterocycles. The summed E-state index contributed by atoms with van der Waals surface area (Å²) in [5.41, 5.74) is 1.27. The monoisotopic (exact) mass is 325 g/mol. The maximum Gasteiger partial charge on any atom is 0.287 e. The van der Waals surface area contributed by atoms with Gasteiger partial charge in [-0.3, -0.25) is 9.69 Å². The van der Waals surface area contributed by atoms with Gasteiger partial charge < -0.3 is 14.6 Å². The molecule has 1 amide bonds. The first-order chi connectivity index (χ1) is 11.8. The van der Waals surface area contributed by atoms with Crippen molar-refractivity contribution in [2.45, 2.75) is 6.54 Å². The van der Waals surface area contributed by atoms with Crippen LogP contribution < -0.4 is 10.2 Å². The average Bonchev–Trinajstić information content (AvgIpc) is 3.10. The van der Waals surface area contributed by atoms with Crippen LogP contribution in [0.4, 0.5) is 5.69 Å². The van der Waals surface area contributed by atoms with Crippen molar-refractivity contribution < 1.29 is 9.21 Å². The van der Waals surface area contributed by atoms with Crippen molar-refractivity contribution >= 4 is 11.6 Å². The van der Waals surface area contributed by atoms with Crippen molar-refractivity contribution in [3.63, 3.8) is 0 Å². The molecule has 0 bridgehead atoms. The summed E-state index contributed by atoms with van der Waals surface area (Å²) in [4.78, 5) is 16.6. The van der Waals surface area contributed by atoms with Gasteiger partial charge in [0, 0.05) is 38.4 Å². The third-order valence-electron chi connectivity index (χ3n) is 4.17. The van der Waals surface area contributed by atoms with Gasteiger partial charge in [-0.1, -0.05) is 24.3 Å². The van der Waals surface area contributed by atoms with Crippen LogP contribution in [-0.2, 0) is 6.54 Å². The molecule has 0 unspecified atom stereocenters. The highest BCUT2D eigenvalue weighted by Crippen LogP contribution is 2.17. The summed E-state index contributed by atoms with van der Waals surface area (Å²) in [7, 11) is 0. The molecular weight excluding hydrogens is 302 g/mol. The molecule has 1 aromatic heterocycles. The van der Waals surface area contributed by atoms with Crippen molar-refractivity contribution in [1.82, 2.24) is 10.2 Å². The molecule has 1 aliphatic rings. The van der Waals surface area contributed by atoms with E-state index in [1.807, 2.05) is 12.1 Å². The number of anilines is 1. The number of nitrogens with zero attached hydrogens (tertiary/aromatic N) is 2. The zero-order chi connectivity index (χ0) is 16.8. The molecule has 0 aliphatic carbocycles. The van der Waals surface area contributed by atoms with Crippen molar-refractivity contribution in [1.29, 1.82) is 0 Å². The molecule has 1 fully saturated rings. The fourth-order valence-electron chi connectivity index (χ4n) is 2.86. The molecule has 3 rings (SSSR count). The second-order valence-corrected chi connectivity index (χ2v) is 5.86. The second-order valence-electron chi connectivity index (χ2n) is 5.86.